The minimum absolute atomic E-state index is 0.598. The van der Waals surface area contributed by atoms with E-state index in [-0.39, 0.29) is 0 Å². The Kier molecular flexibility index (Phi) is 5.01. The second-order valence-electron chi connectivity index (χ2n) is 2.55. The van der Waals surface area contributed by atoms with Crippen molar-refractivity contribution in [2.75, 3.05) is 21.2 Å². The van der Waals surface area contributed by atoms with Gasteiger partial charge in [0.1, 0.15) is 0 Å². The molecule has 0 N–H and O–H groups in total. The normalized spacial score (nSPS) is 10.8. The van der Waals surface area contributed by atoms with E-state index in [1.165, 1.54) is 0 Å². The molecule has 0 aliphatic heterocycles. The standard InChI is InChI=1S/C8H13NOS2/c1-6(11)8(12)7(10-4)5-9(2)3/h5H,1-4H3/b7-5-. The molecule has 0 aliphatic rings. The molecule has 0 fully saturated rings. The highest BCUT2D eigenvalue weighted by atomic mass is 32.1. The third-order valence-corrected chi connectivity index (χ3v) is 1.98. The Bertz CT molecular complexity index is 221. The molecular formula is C8H13NOS2. The van der Waals surface area contributed by atoms with Gasteiger partial charge in [-0.15, -0.1) is 0 Å². The van der Waals surface area contributed by atoms with Crippen LogP contribution >= 0.6 is 24.4 Å². The first kappa shape index (κ1) is 11.5. The maximum absolute atomic E-state index is 5.07. The van der Waals surface area contributed by atoms with E-state index < -0.39 is 0 Å². The number of thiocarbonyl (C=S) groups is 2. The van der Waals surface area contributed by atoms with E-state index in [1.807, 2.05) is 19.0 Å². The van der Waals surface area contributed by atoms with Crippen molar-refractivity contribution in [2.45, 2.75) is 6.92 Å². The van der Waals surface area contributed by atoms with E-state index in [9.17, 15) is 0 Å². The molecule has 0 saturated carbocycles. The lowest BCUT2D eigenvalue weighted by Crippen LogP contribution is -2.13. The highest BCUT2D eigenvalue weighted by molar-refractivity contribution is 7.89. The van der Waals surface area contributed by atoms with Gasteiger partial charge in [-0.25, -0.2) is 0 Å². The van der Waals surface area contributed by atoms with Crippen LogP contribution in [0.5, 0.6) is 0 Å². The van der Waals surface area contributed by atoms with Gasteiger partial charge < -0.3 is 9.64 Å². The molecule has 0 saturated heterocycles. The molecule has 0 radical (unpaired) electrons. The average Bonchev–Trinajstić information content (AvgIpc) is 1.98. The zero-order valence-electron chi connectivity index (χ0n) is 7.75. The first-order valence-corrected chi connectivity index (χ1v) is 4.28. The van der Waals surface area contributed by atoms with Gasteiger partial charge in [0.15, 0.2) is 5.76 Å². The molecule has 0 aromatic heterocycles. The van der Waals surface area contributed by atoms with Gasteiger partial charge in [-0.2, -0.15) is 0 Å². The number of rotatable bonds is 4. The minimum atomic E-state index is 0.598. The summed E-state index contributed by atoms with van der Waals surface area (Å²) in [4.78, 5) is 3.14. The van der Waals surface area contributed by atoms with Crippen LogP contribution in [0.1, 0.15) is 6.92 Å². The first-order valence-electron chi connectivity index (χ1n) is 3.46. The average molecular weight is 203 g/mol. The molecule has 0 unspecified atom stereocenters. The van der Waals surface area contributed by atoms with Crippen molar-refractivity contribution in [1.29, 1.82) is 0 Å². The second-order valence-corrected chi connectivity index (χ2v) is 3.57. The maximum Gasteiger partial charge on any atom is 0.153 e. The van der Waals surface area contributed by atoms with Crippen molar-refractivity contribution in [2.24, 2.45) is 0 Å². The summed E-state index contributed by atoms with van der Waals surface area (Å²) in [5.74, 6) is 0.641. The van der Waals surface area contributed by atoms with Crippen LogP contribution in [0, 0.1) is 0 Å². The highest BCUT2D eigenvalue weighted by Crippen LogP contribution is 2.02. The third-order valence-electron chi connectivity index (χ3n) is 1.14. The van der Waals surface area contributed by atoms with Gasteiger partial charge in [0, 0.05) is 25.2 Å². The monoisotopic (exact) mass is 203 g/mol. The highest BCUT2D eigenvalue weighted by Gasteiger charge is 2.06. The van der Waals surface area contributed by atoms with Gasteiger partial charge in [-0.3, -0.25) is 0 Å². The fourth-order valence-electron chi connectivity index (χ4n) is 0.612. The Balaban J connectivity index is 4.56. The van der Waals surface area contributed by atoms with Crippen molar-refractivity contribution >= 4 is 34.2 Å². The lowest BCUT2D eigenvalue weighted by molar-refractivity contribution is 0.307. The van der Waals surface area contributed by atoms with Gasteiger partial charge in [0.2, 0.25) is 0 Å². The Labute approximate surface area is 84.2 Å². The molecule has 0 atom stereocenters. The Hall–Kier alpha value is -0.480. The number of allylic oxidation sites excluding steroid dienone is 1. The number of nitrogens with zero attached hydrogens (tertiary/aromatic N) is 1. The largest absolute Gasteiger partial charge is 0.494 e. The van der Waals surface area contributed by atoms with Gasteiger partial charge in [-0.05, 0) is 6.92 Å². The minimum Gasteiger partial charge on any atom is -0.494 e. The predicted molar refractivity (Wildman–Crippen MR) is 59.6 cm³/mol. The van der Waals surface area contributed by atoms with Crippen molar-refractivity contribution in [3.05, 3.63) is 12.0 Å². The quantitative estimate of drug-likeness (QED) is 0.392. The van der Waals surface area contributed by atoms with Gasteiger partial charge in [-0.1, -0.05) is 24.4 Å². The van der Waals surface area contributed by atoms with Gasteiger partial charge in [0.25, 0.3) is 0 Å². The van der Waals surface area contributed by atoms with E-state index in [2.05, 4.69) is 0 Å². The molecule has 0 rings (SSSR count). The molecule has 4 heteroatoms. The molecule has 0 heterocycles. The summed E-state index contributed by atoms with van der Waals surface area (Å²) < 4.78 is 5.07. The zero-order chi connectivity index (χ0) is 9.72. The van der Waals surface area contributed by atoms with E-state index in [0.717, 1.165) is 0 Å². The molecule has 68 valence electrons. The van der Waals surface area contributed by atoms with Gasteiger partial charge in [0.05, 0.1) is 12.0 Å². The predicted octanol–water partition coefficient (Wildman–Crippen LogP) is 1.80. The molecule has 2 nitrogen and oxygen atoms in total. The smallest absolute Gasteiger partial charge is 0.153 e. The fourth-order valence-corrected chi connectivity index (χ4v) is 0.849. The summed E-state index contributed by atoms with van der Waals surface area (Å²) in [6, 6.07) is 0. The van der Waals surface area contributed by atoms with Crippen LogP contribution in [0.4, 0.5) is 0 Å². The summed E-state index contributed by atoms with van der Waals surface area (Å²) in [5, 5.41) is 0. The first-order chi connectivity index (χ1) is 5.49. The summed E-state index contributed by atoms with van der Waals surface area (Å²) in [7, 11) is 5.39. The molecule has 0 aliphatic carbocycles. The lowest BCUT2D eigenvalue weighted by Gasteiger charge is -2.10. The molecule has 0 bridgehead atoms. The summed E-state index contributed by atoms with van der Waals surface area (Å²) in [6.07, 6.45) is 1.80. The van der Waals surface area contributed by atoms with Crippen LogP contribution < -0.4 is 0 Å². The molecule has 0 spiro atoms. The molecule has 0 amide bonds. The van der Waals surface area contributed by atoms with E-state index >= 15 is 0 Å². The van der Waals surface area contributed by atoms with Crippen molar-refractivity contribution in [1.82, 2.24) is 4.90 Å². The van der Waals surface area contributed by atoms with Crippen LogP contribution in [0.25, 0.3) is 0 Å². The Morgan fingerprint density at radius 1 is 1.33 bits per heavy atom. The lowest BCUT2D eigenvalue weighted by atomic mass is 10.3. The Morgan fingerprint density at radius 2 is 1.83 bits per heavy atom. The molecule has 12 heavy (non-hydrogen) atoms. The van der Waals surface area contributed by atoms with Crippen LogP contribution in [0.3, 0.4) is 0 Å². The summed E-state index contributed by atoms with van der Waals surface area (Å²) >= 11 is 9.99. The van der Waals surface area contributed by atoms with Crippen LogP contribution in [-0.4, -0.2) is 35.8 Å². The number of ether oxygens (including phenoxy) is 1. The Morgan fingerprint density at radius 3 is 2.08 bits per heavy atom. The zero-order valence-corrected chi connectivity index (χ0v) is 9.38. The van der Waals surface area contributed by atoms with Crippen molar-refractivity contribution in [3.8, 4) is 0 Å². The topological polar surface area (TPSA) is 12.5 Å². The van der Waals surface area contributed by atoms with Crippen molar-refractivity contribution < 1.29 is 4.74 Å². The second kappa shape index (κ2) is 5.22. The van der Waals surface area contributed by atoms with Crippen LogP contribution in [0.15, 0.2) is 12.0 Å². The number of methoxy groups -OCH3 is 1. The molecule has 0 aromatic carbocycles. The number of hydrogen-bond donors (Lipinski definition) is 0. The van der Waals surface area contributed by atoms with Crippen LogP contribution in [-0.2, 0) is 4.74 Å². The number of hydrogen-bond acceptors (Lipinski definition) is 4. The fraction of sp³-hybridized carbons (Fsp3) is 0.500. The SMILES string of the molecule is CO/C(=C\N(C)C)C(=S)C(C)=S. The van der Waals surface area contributed by atoms with E-state index in [0.29, 0.717) is 15.5 Å². The maximum atomic E-state index is 5.07. The third kappa shape index (κ3) is 3.78. The van der Waals surface area contributed by atoms with Gasteiger partial charge >= 0.3 is 0 Å². The van der Waals surface area contributed by atoms with Crippen molar-refractivity contribution in [3.63, 3.8) is 0 Å². The summed E-state index contributed by atoms with van der Waals surface area (Å²) in [6.45, 7) is 1.79. The molecule has 0 aromatic rings. The molecular weight excluding hydrogens is 190 g/mol. The van der Waals surface area contributed by atoms with E-state index in [1.54, 1.807) is 20.2 Å². The van der Waals surface area contributed by atoms with E-state index in [4.69, 9.17) is 29.2 Å². The summed E-state index contributed by atoms with van der Waals surface area (Å²) in [5.41, 5.74) is 0. The van der Waals surface area contributed by atoms with Crippen LogP contribution in [0.2, 0.25) is 0 Å².